The third-order valence-electron chi connectivity index (χ3n) is 5.66. The molecule has 1 aromatic heterocycles. The first-order valence-electron chi connectivity index (χ1n) is 9.76. The second-order valence-electron chi connectivity index (χ2n) is 7.35. The predicted octanol–water partition coefficient (Wildman–Crippen LogP) is 1.68. The van der Waals surface area contributed by atoms with Crippen LogP contribution in [0.2, 0.25) is 0 Å². The monoisotopic (exact) mass is 373 g/mol. The standard InChI is InChI=1S/C20H27N3O4/c24-12-19(25)14-1-6-18-17(11-14)20(22-13-21-18)27-16-4-2-15(3-5-16)23-7-9-26-10-8-23/h1,6,11,13,15-16,19,24-25H,2-5,7-10,12H2. The number of benzene rings is 1. The van der Waals surface area contributed by atoms with Crippen molar-refractivity contribution in [2.75, 3.05) is 32.9 Å². The molecule has 2 N–H and O–H groups in total. The Morgan fingerprint density at radius 1 is 1.15 bits per heavy atom. The van der Waals surface area contributed by atoms with Crippen LogP contribution in [0.5, 0.6) is 5.88 Å². The van der Waals surface area contributed by atoms with Crippen LogP contribution in [-0.4, -0.2) is 70.1 Å². The maximum atomic E-state index is 9.91. The molecule has 2 fully saturated rings. The number of aromatic nitrogens is 2. The molecule has 4 rings (SSSR count). The van der Waals surface area contributed by atoms with Gasteiger partial charge in [0, 0.05) is 19.1 Å². The number of aliphatic hydroxyl groups is 2. The van der Waals surface area contributed by atoms with Crippen LogP contribution in [-0.2, 0) is 4.74 Å². The Labute approximate surface area is 158 Å². The number of hydrogen-bond donors (Lipinski definition) is 2. The highest BCUT2D eigenvalue weighted by Gasteiger charge is 2.28. The van der Waals surface area contributed by atoms with Gasteiger partial charge in [-0.15, -0.1) is 0 Å². The summed E-state index contributed by atoms with van der Waals surface area (Å²) in [7, 11) is 0. The van der Waals surface area contributed by atoms with E-state index in [1.54, 1.807) is 6.07 Å². The molecule has 0 spiro atoms. The molecule has 1 saturated carbocycles. The first-order chi connectivity index (χ1) is 13.2. The van der Waals surface area contributed by atoms with E-state index in [2.05, 4.69) is 14.9 Å². The number of nitrogens with zero attached hydrogens (tertiary/aromatic N) is 3. The zero-order valence-electron chi connectivity index (χ0n) is 15.5. The minimum atomic E-state index is -0.911. The molecule has 1 aliphatic heterocycles. The summed E-state index contributed by atoms with van der Waals surface area (Å²) in [4.78, 5) is 11.2. The molecule has 146 valence electrons. The highest BCUT2D eigenvalue weighted by Crippen LogP contribution is 2.30. The maximum absolute atomic E-state index is 9.91. The predicted molar refractivity (Wildman–Crippen MR) is 101 cm³/mol. The summed E-state index contributed by atoms with van der Waals surface area (Å²) in [6, 6.07) is 6.04. The Morgan fingerprint density at radius 2 is 1.93 bits per heavy atom. The SMILES string of the molecule is OCC(O)c1ccc2ncnc(OC3CCC(N4CCOCC4)CC3)c2c1. The molecule has 1 saturated heterocycles. The molecular weight excluding hydrogens is 346 g/mol. The summed E-state index contributed by atoms with van der Waals surface area (Å²) >= 11 is 0. The van der Waals surface area contributed by atoms with Crippen molar-refractivity contribution in [3.8, 4) is 5.88 Å². The van der Waals surface area contributed by atoms with Gasteiger partial charge in [0.25, 0.3) is 0 Å². The molecule has 2 aliphatic rings. The molecular formula is C20H27N3O4. The fraction of sp³-hybridized carbons (Fsp3) is 0.600. The molecule has 2 heterocycles. The Morgan fingerprint density at radius 3 is 2.67 bits per heavy atom. The average Bonchev–Trinajstić information content (AvgIpc) is 2.74. The maximum Gasteiger partial charge on any atom is 0.224 e. The molecule has 0 radical (unpaired) electrons. The highest BCUT2D eigenvalue weighted by atomic mass is 16.5. The van der Waals surface area contributed by atoms with Gasteiger partial charge in [-0.05, 0) is 43.4 Å². The molecule has 0 bridgehead atoms. The molecule has 27 heavy (non-hydrogen) atoms. The van der Waals surface area contributed by atoms with Gasteiger partial charge in [-0.1, -0.05) is 6.07 Å². The second kappa shape index (κ2) is 8.48. The van der Waals surface area contributed by atoms with Crippen molar-refractivity contribution >= 4 is 10.9 Å². The Balaban J connectivity index is 1.44. The van der Waals surface area contributed by atoms with Gasteiger partial charge in [-0.3, -0.25) is 4.90 Å². The van der Waals surface area contributed by atoms with Gasteiger partial charge in [-0.2, -0.15) is 0 Å². The van der Waals surface area contributed by atoms with Crippen molar-refractivity contribution in [1.82, 2.24) is 14.9 Å². The van der Waals surface area contributed by atoms with E-state index in [4.69, 9.17) is 9.47 Å². The van der Waals surface area contributed by atoms with Crippen molar-refractivity contribution in [2.45, 2.75) is 43.9 Å². The van der Waals surface area contributed by atoms with Crippen molar-refractivity contribution in [1.29, 1.82) is 0 Å². The summed E-state index contributed by atoms with van der Waals surface area (Å²) in [5, 5.41) is 19.9. The lowest BCUT2D eigenvalue weighted by molar-refractivity contribution is -0.00126. The van der Waals surface area contributed by atoms with Crippen LogP contribution in [0, 0.1) is 0 Å². The van der Waals surface area contributed by atoms with Gasteiger partial charge in [0.1, 0.15) is 18.5 Å². The zero-order chi connectivity index (χ0) is 18.6. The Kier molecular flexibility index (Phi) is 5.83. The van der Waals surface area contributed by atoms with Crippen LogP contribution in [0.15, 0.2) is 24.5 Å². The van der Waals surface area contributed by atoms with Crippen LogP contribution in [0.1, 0.15) is 37.4 Å². The molecule has 1 unspecified atom stereocenters. The van der Waals surface area contributed by atoms with Gasteiger partial charge in [0.15, 0.2) is 0 Å². The third kappa shape index (κ3) is 4.21. The van der Waals surface area contributed by atoms with E-state index in [0.717, 1.165) is 62.9 Å². The number of hydrogen-bond acceptors (Lipinski definition) is 7. The summed E-state index contributed by atoms with van der Waals surface area (Å²) in [6.45, 7) is 3.42. The summed E-state index contributed by atoms with van der Waals surface area (Å²) in [6.07, 6.45) is 5.01. The highest BCUT2D eigenvalue weighted by molar-refractivity contribution is 5.84. The normalized spacial score (nSPS) is 25.4. The van der Waals surface area contributed by atoms with Crippen molar-refractivity contribution in [3.63, 3.8) is 0 Å². The van der Waals surface area contributed by atoms with Crippen molar-refractivity contribution in [2.24, 2.45) is 0 Å². The number of fused-ring (bicyclic) bond motifs is 1. The van der Waals surface area contributed by atoms with Crippen LogP contribution in [0.25, 0.3) is 10.9 Å². The van der Waals surface area contributed by atoms with Crippen molar-refractivity contribution < 1.29 is 19.7 Å². The topological polar surface area (TPSA) is 87.9 Å². The van der Waals surface area contributed by atoms with Gasteiger partial charge in [0.05, 0.1) is 30.7 Å². The van der Waals surface area contributed by atoms with Crippen LogP contribution >= 0.6 is 0 Å². The first-order valence-corrected chi connectivity index (χ1v) is 9.76. The van der Waals surface area contributed by atoms with Crippen LogP contribution in [0.3, 0.4) is 0 Å². The zero-order valence-corrected chi connectivity index (χ0v) is 15.5. The summed E-state index contributed by atoms with van der Waals surface area (Å²) < 4.78 is 11.7. The smallest absolute Gasteiger partial charge is 0.224 e. The quantitative estimate of drug-likeness (QED) is 0.824. The van der Waals surface area contributed by atoms with Crippen molar-refractivity contribution in [3.05, 3.63) is 30.1 Å². The van der Waals surface area contributed by atoms with Gasteiger partial charge < -0.3 is 19.7 Å². The molecule has 7 nitrogen and oxygen atoms in total. The lowest BCUT2D eigenvalue weighted by Gasteiger charge is -2.38. The Hall–Kier alpha value is -1.80. The summed E-state index contributed by atoms with van der Waals surface area (Å²) in [5.41, 5.74) is 1.41. The lowest BCUT2D eigenvalue weighted by atomic mass is 9.91. The van der Waals surface area contributed by atoms with E-state index in [1.165, 1.54) is 6.33 Å². The number of morpholine rings is 1. The number of ether oxygens (including phenoxy) is 2. The first kappa shape index (κ1) is 18.6. The van der Waals surface area contributed by atoms with Gasteiger partial charge in [-0.25, -0.2) is 9.97 Å². The second-order valence-corrected chi connectivity index (χ2v) is 7.35. The van der Waals surface area contributed by atoms with E-state index < -0.39 is 6.10 Å². The molecule has 1 aromatic carbocycles. The summed E-state index contributed by atoms with van der Waals surface area (Å²) in [5.74, 6) is 0.557. The third-order valence-corrected chi connectivity index (χ3v) is 5.66. The number of rotatable bonds is 5. The molecule has 7 heteroatoms. The van der Waals surface area contributed by atoms with E-state index in [1.807, 2.05) is 12.1 Å². The minimum absolute atomic E-state index is 0.145. The van der Waals surface area contributed by atoms with Crippen LogP contribution in [0.4, 0.5) is 0 Å². The molecule has 1 atom stereocenters. The molecule has 0 amide bonds. The Bertz CT molecular complexity index is 758. The van der Waals surface area contributed by atoms with E-state index in [0.29, 0.717) is 17.5 Å². The fourth-order valence-electron chi connectivity index (χ4n) is 4.09. The van der Waals surface area contributed by atoms with Gasteiger partial charge >= 0.3 is 0 Å². The minimum Gasteiger partial charge on any atom is -0.474 e. The average molecular weight is 373 g/mol. The van der Waals surface area contributed by atoms with Crippen LogP contribution < -0.4 is 4.74 Å². The van der Waals surface area contributed by atoms with E-state index >= 15 is 0 Å². The lowest BCUT2D eigenvalue weighted by Crippen LogP contribution is -2.46. The molecule has 2 aromatic rings. The number of aliphatic hydroxyl groups excluding tert-OH is 2. The van der Waals surface area contributed by atoms with E-state index in [-0.39, 0.29) is 12.7 Å². The largest absolute Gasteiger partial charge is 0.474 e. The van der Waals surface area contributed by atoms with E-state index in [9.17, 15) is 10.2 Å². The van der Waals surface area contributed by atoms with Gasteiger partial charge in [0.2, 0.25) is 5.88 Å². The fourth-order valence-corrected chi connectivity index (χ4v) is 4.09. The molecule has 1 aliphatic carbocycles.